The first-order valence-corrected chi connectivity index (χ1v) is 12.3. The second-order valence-electron chi connectivity index (χ2n) is 9.56. The summed E-state index contributed by atoms with van der Waals surface area (Å²) in [6.45, 7) is 7.90. The van der Waals surface area contributed by atoms with Gasteiger partial charge >= 0.3 is 6.09 Å². The maximum atomic E-state index is 14.0. The number of hydrogen-bond donors (Lipinski definition) is 2. The third-order valence-corrected chi connectivity index (χ3v) is 6.25. The van der Waals surface area contributed by atoms with E-state index in [0.29, 0.717) is 37.4 Å². The average molecular weight is 525 g/mol. The largest absolute Gasteiger partial charge is 0.444 e. The first-order valence-electron chi connectivity index (χ1n) is 11.5. The average Bonchev–Trinajstić information content (AvgIpc) is 3.08. The van der Waals surface area contributed by atoms with Crippen LogP contribution < -0.4 is 15.5 Å². The summed E-state index contributed by atoms with van der Waals surface area (Å²) in [5.41, 5.74) is 0.184. The molecule has 0 aliphatic carbocycles. The maximum Gasteiger partial charge on any atom is 0.407 e. The number of nitrogens with one attached hydrogen (secondary N) is 2. The summed E-state index contributed by atoms with van der Waals surface area (Å²) >= 11 is 0.718. The molecule has 1 aromatic carbocycles. The molecule has 0 spiro atoms. The van der Waals surface area contributed by atoms with Gasteiger partial charge in [0, 0.05) is 57.3 Å². The Morgan fingerprint density at radius 3 is 2.36 bits per heavy atom. The van der Waals surface area contributed by atoms with Crippen molar-refractivity contribution in [2.75, 3.05) is 37.6 Å². The molecule has 0 unspecified atom stereocenters. The van der Waals surface area contributed by atoms with E-state index in [1.807, 2.05) is 4.90 Å². The zero-order chi connectivity index (χ0) is 26.7. The molecule has 2 fully saturated rings. The van der Waals surface area contributed by atoms with Crippen molar-refractivity contribution >= 4 is 46.7 Å². The van der Waals surface area contributed by atoms with Gasteiger partial charge in [0.2, 0.25) is 5.91 Å². The lowest BCUT2D eigenvalue weighted by molar-refractivity contribution is -0.131. The van der Waals surface area contributed by atoms with E-state index < -0.39 is 28.8 Å². The van der Waals surface area contributed by atoms with Crippen LogP contribution in [0, 0.1) is 0 Å². The molecular weight excluding hydrogens is 494 g/mol. The van der Waals surface area contributed by atoms with Crippen molar-refractivity contribution in [3.05, 3.63) is 34.2 Å². The van der Waals surface area contributed by atoms with Crippen LogP contribution in [0.2, 0.25) is 0 Å². The number of benzene rings is 1. The van der Waals surface area contributed by atoms with Crippen molar-refractivity contribution in [1.29, 1.82) is 0 Å². The Hall–Kier alpha value is -3.15. The Bertz CT molecular complexity index is 1070. The minimum atomic E-state index is -3.08. The van der Waals surface area contributed by atoms with Gasteiger partial charge in [-0.25, -0.2) is 13.6 Å². The van der Waals surface area contributed by atoms with Gasteiger partial charge in [-0.15, -0.1) is 0 Å². The SMILES string of the molecule is CC(C)(C)OC(=O)NCCC(=O)N1CCN(c2ccc(C(C)(F)F)cc2C=C2SC(=O)NC2=O)CC1. The third kappa shape index (κ3) is 7.42. The van der Waals surface area contributed by atoms with Crippen LogP contribution in [-0.2, 0) is 20.2 Å². The number of hydrogen-bond acceptors (Lipinski definition) is 7. The number of piperazine rings is 1. The summed E-state index contributed by atoms with van der Waals surface area (Å²) in [4.78, 5) is 51.6. The van der Waals surface area contributed by atoms with Crippen LogP contribution in [0.15, 0.2) is 23.1 Å². The third-order valence-electron chi connectivity index (χ3n) is 5.44. The number of carbonyl (C=O) groups excluding carboxylic acids is 4. The minimum Gasteiger partial charge on any atom is -0.444 e. The smallest absolute Gasteiger partial charge is 0.407 e. The highest BCUT2D eigenvalue weighted by atomic mass is 32.2. The van der Waals surface area contributed by atoms with E-state index in [1.54, 1.807) is 31.7 Å². The zero-order valence-electron chi connectivity index (χ0n) is 20.7. The van der Waals surface area contributed by atoms with E-state index in [1.165, 1.54) is 18.2 Å². The molecule has 36 heavy (non-hydrogen) atoms. The molecule has 0 bridgehead atoms. The van der Waals surface area contributed by atoms with Gasteiger partial charge in [-0.1, -0.05) is 6.07 Å². The van der Waals surface area contributed by atoms with Crippen LogP contribution in [0.5, 0.6) is 0 Å². The Morgan fingerprint density at radius 1 is 1.14 bits per heavy atom. The fraction of sp³-hybridized carbons (Fsp3) is 0.500. The second-order valence-corrected chi connectivity index (χ2v) is 10.6. The molecule has 12 heteroatoms. The van der Waals surface area contributed by atoms with Gasteiger partial charge in [0.15, 0.2) is 0 Å². The van der Waals surface area contributed by atoms with Gasteiger partial charge in [0.05, 0.1) is 4.91 Å². The van der Waals surface area contributed by atoms with Crippen LogP contribution in [0.25, 0.3) is 6.08 Å². The van der Waals surface area contributed by atoms with E-state index >= 15 is 0 Å². The predicted octanol–water partition coefficient (Wildman–Crippen LogP) is 3.69. The molecule has 0 radical (unpaired) electrons. The van der Waals surface area contributed by atoms with Gasteiger partial charge in [-0.05, 0) is 56.3 Å². The molecule has 2 heterocycles. The normalized spacial score (nSPS) is 17.9. The van der Waals surface area contributed by atoms with Gasteiger partial charge in [0.25, 0.3) is 17.1 Å². The zero-order valence-corrected chi connectivity index (χ0v) is 21.5. The summed E-state index contributed by atoms with van der Waals surface area (Å²) in [6, 6.07) is 4.23. The van der Waals surface area contributed by atoms with E-state index in [-0.39, 0.29) is 29.3 Å². The van der Waals surface area contributed by atoms with Gasteiger partial charge in [-0.2, -0.15) is 0 Å². The topological polar surface area (TPSA) is 108 Å². The van der Waals surface area contributed by atoms with Gasteiger partial charge in [0.1, 0.15) is 5.60 Å². The quantitative estimate of drug-likeness (QED) is 0.547. The van der Waals surface area contributed by atoms with Gasteiger partial charge < -0.3 is 19.9 Å². The lowest BCUT2D eigenvalue weighted by Crippen LogP contribution is -2.49. The molecule has 196 valence electrons. The number of imide groups is 1. The number of amides is 4. The lowest BCUT2D eigenvalue weighted by atomic mass is 10.0. The molecule has 2 saturated heterocycles. The van der Waals surface area contributed by atoms with Crippen molar-refractivity contribution in [3.63, 3.8) is 0 Å². The summed E-state index contributed by atoms with van der Waals surface area (Å²) in [5, 5.41) is 4.21. The molecule has 2 aliphatic rings. The van der Waals surface area contributed by atoms with Crippen molar-refractivity contribution in [1.82, 2.24) is 15.5 Å². The molecule has 0 saturated carbocycles. The number of alkyl halides is 2. The molecule has 0 aromatic heterocycles. The summed E-state index contributed by atoms with van der Waals surface area (Å²) in [7, 11) is 0. The molecular formula is C24H30F2N4O5S. The Balaban J connectivity index is 1.65. The van der Waals surface area contributed by atoms with Crippen LogP contribution >= 0.6 is 11.8 Å². The van der Waals surface area contributed by atoms with Crippen molar-refractivity contribution < 1.29 is 32.7 Å². The molecule has 2 N–H and O–H groups in total. The van der Waals surface area contributed by atoms with Crippen LogP contribution in [0.4, 0.5) is 24.1 Å². The van der Waals surface area contributed by atoms with E-state index in [4.69, 9.17) is 4.74 Å². The molecule has 4 amide bonds. The van der Waals surface area contributed by atoms with Crippen molar-refractivity contribution in [3.8, 4) is 0 Å². The predicted molar refractivity (Wildman–Crippen MR) is 133 cm³/mol. The standard InChI is InChI=1S/C24H30F2N4O5S/c1-23(2,3)35-21(33)27-8-7-19(31)30-11-9-29(10-12-30)17-6-5-16(24(4,25)26)13-15(17)14-18-20(32)28-22(34)36-18/h5-6,13-14H,7-12H2,1-4H3,(H,27,33)(H,28,32,34). The number of anilines is 1. The Kier molecular flexibility index (Phi) is 8.27. The highest BCUT2D eigenvalue weighted by Gasteiger charge is 2.29. The first-order chi connectivity index (χ1) is 16.7. The second kappa shape index (κ2) is 10.9. The fourth-order valence-electron chi connectivity index (χ4n) is 3.73. The number of rotatable bonds is 6. The Morgan fingerprint density at radius 2 is 1.81 bits per heavy atom. The van der Waals surface area contributed by atoms with E-state index in [9.17, 15) is 28.0 Å². The lowest BCUT2D eigenvalue weighted by Gasteiger charge is -2.37. The van der Waals surface area contributed by atoms with Crippen LogP contribution in [0.3, 0.4) is 0 Å². The fourth-order valence-corrected chi connectivity index (χ4v) is 4.41. The molecule has 2 aliphatic heterocycles. The number of nitrogens with zero attached hydrogens (tertiary/aromatic N) is 2. The number of alkyl carbamates (subject to hydrolysis) is 1. The number of thioether (sulfide) groups is 1. The highest BCUT2D eigenvalue weighted by molar-refractivity contribution is 8.18. The molecule has 3 rings (SSSR count). The minimum absolute atomic E-state index is 0.119. The summed E-state index contributed by atoms with van der Waals surface area (Å²) in [6.07, 6.45) is 0.978. The van der Waals surface area contributed by atoms with E-state index in [2.05, 4.69) is 10.6 Å². The monoisotopic (exact) mass is 524 g/mol. The van der Waals surface area contributed by atoms with E-state index in [0.717, 1.165) is 18.7 Å². The number of ether oxygens (including phenoxy) is 1. The molecule has 1 aromatic rings. The summed E-state index contributed by atoms with van der Waals surface area (Å²) < 4.78 is 33.1. The summed E-state index contributed by atoms with van der Waals surface area (Å²) in [5.74, 6) is -3.77. The highest BCUT2D eigenvalue weighted by Crippen LogP contribution is 2.35. The maximum absolute atomic E-state index is 14.0. The molecule has 0 atom stereocenters. The van der Waals surface area contributed by atoms with Crippen molar-refractivity contribution in [2.45, 2.75) is 45.6 Å². The number of carbonyl (C=O) groups is 4. The first kappa shape index (κ1) is 27.4. The van der Waals surface area contributed by atoms with Gasteiger partial charge in [-0.3, -0.25) is 19.7 Å². The van der Waals surface area contributed by atoms with Crippen molar-refractivity contribution in [2.24, 2.45) is 0 Å². The van der Waals surface area contributed by atoms with Crippen LogP contribution in [-0.4, -0.2) is 66.4 Å². The number of halogens is 2. The molecule has 9 nitrogen and oxygen atoms in total. The van der Waals surface area contributed by atoms with Crippen LogP contribution in [0.1, 0.15) is 45.2 Å². The Labute approximate surface area is 212 Å².